The monoisotopic (exact) mass is 553 g/mol. The van der Waals surface area contributed by atoms with E-state index in [9.17, 15) is 19.5 Å². The van der Waals surface area contributed by atoms with Gasteiger partial charge in [-0.05, 0) is 83.2 Å². The van der Waals surface area contributed by atoms with Crippen LogP contribution in [0.5, 0.6) is 5.75 Å². The van der Waals surface area contributed by atoms with Crippen LogP contribution in [0, 0.1) is 0 Å². The van der Waals surface area contributed by atoms with Gasteiger partial charge >= 0.3 is 12.2 Å². The quantitative estimate of drug-likeness (QED) is 0.515. The fourth-order valence-corrected chi connectivity index (χ4v) is 4.49. The Bertz CT molecular complexity index is 1160. The van der Waals surface area contributed by atoms with E-state index in [1.165, 1.54) is 5.56 Å². The highest BCUT2D eigenvalue weighted by Crippen LogP contribution is 2.22. The molecule has 0 aromatic heterocycles. The number of ether oxygens (including phenoxy) is 2. The van der Waals surface area contributed by atoms with Crippen LogP contribution in [-0.2, 0) is 33.5 Å². The highest BCUT2D eigenvalue weighted by molar-refractivity contribution is 5.86. The maximum Gasteiger partial charge on any atom is 0.410 e. The average molecular weight is 554 g/mol. The van der Waals surface area contributed by atoms with E-state index < -0.39 is 29.4 Å². The van der Waals surface area contributed by atoms with Crippen molar-refractivity contribution in [2.45, 2.75) is 78.0 Å². The lowest BCUT2D eigenvalue weighted by atomic mass is 9.94. The fourth-order valence-electron chi connectivity index (χ4n) is 4.49. The van der Waals surface area contributed by atoms with Crippen LogP contribution in [-0.4, -0.2) is 76.4 Å². The van der Waals surface area contributed by atoms with Crippen LogP contribution in [0.3, 0.4) is 0 Å². The third-order valence-corrected chi connectivity index (χ3v) is 6.37. The Morgan fingerprint density at radius 2 is 1.43 bits per heavy atom. The number of aromatic hydroxyl groups is 1. The Morgan fingerprint density at radius 3 is 2.02 bits per heavy atom. The number of piperazine rings is 1. The van der Waals surface area contributed by atoms with Crippen molar-refractivity contribution in [2.24, 2.45) is 0 Å². The number of nitrogens with one attached hydrogen (secondary N) is 1. The lowest BCUT2D eigenvalue weighted by Gasteiger charge is -2.37. The molecule has 2 N–H and O–H groups in total. The highest BCUT2D eigenvalue weighted by atomic mass is 16.6. The van der Waals surface area contributed by atoms with Crippen molar-refractivity contribution in [1.29, 1.82) is 0 Å². The molecular weight excluding hydrogens is 510 g/mol. The second kappa shape index (κ2) is 13.1. The molecule has 0 spiro atoms. The largest absolute Gasteiger partial charge is 0.508 e. The first-order valence-electron chi connectivity index (χ1n) is 13.8. The number of hydrogen-bond donors (Lipinski definition) is 2. The van der Waals surface area contributed by atoms with Crippen molar-refractivity contribution < 1.29 is 29.0 Å². The van der Waals surface area contributed by atoms with Gasteiger partial charge in [0.15, 0.2) is 0 Å². The van der Waals surface area contributed by atoms with Gasteiger partial charge in [0.25, 0.3) is 0 Å². The SMILES string of the molecule is CC(C)(C)OC(=O)N[C@@H](Cc1ccc(O)cc1CCc1ccccc1)C(=O)N1CCN(C(=O)OC(C)(C)C)CC1. The molecular formula is C31H43N3O6. The van der Waals surface area contributed by atoms with Gasteiger partial charge in [-0.2, -0.15) is 0 Å². The smallest absolute Gasteiger partial charge is 0.410 e. The second-order valence-corrected chi connectivity index (χ2v) is 12.1. The normalized spacial score (nSPS) is 14.8. The van der Waals surface area contributed by atoms with Gasteiger partial charge in [0.2, 0.25) is 5.91 Å². The van der Waals surface area contributed by atoms with Gasteiger partial charge in [-0.25, -0.2) is 9.59 Å². The van der Waals surface area contributed by atoms with E-state index in [1.807, 2.05) is 39.0 Å². The number of alkyl carbamates (subject to hydrolysis) is 1. The molecule has 0 unspecified atom stereocenters. The molecule has 1 saturated heterocycles. The summed E-state index contributed by atoms with van der Waals surface area (Å²) < 4.78 is 10.9. The molecule has 0 saturated carbocycles. The zero-order chi connectivity index (χ0) is 29.5. The van der Waals surface area contributed by atoms with Gasteiger partial charge in [0, 0.05) is 32.6 Å². The standard InChI is InChI=1S/C31H43N3O6/c1-30(2,3)39-28(37)32-26(27(36)33-16-18-34(19-17-33)29(38)40-31(4,5)6)21-24-14-15-25(35)20-23(24)13-12-22-10-8-7-9-11-22/h7-11,14-15,20,26,35H,12-13,16-19,21H2,1-6H3,(H,32,37)/t26-/m0/s1. The van der Waals surface area contributed by atoms with Gasteiger partial charge in [0.1, 0.15) is 23.0 Å². The number of nitrogens with zero attached hydrogens (tertiary/aromatic N) is 2. The maximum absolute atomic E-state index is 13.7. The van der Waals surface area contributed by atoms with Crippen LogP contribution in [0.15, 0.2) is 48.5 Å². The average Bonchev–Trinajstić information content (AvgIpc) is 2.86. The van der Waals surface area contributed by atoms with Crippen molar-refractivity contribution in [1.82, 2.24) is 15.1 Å². The van der Waals surface area contributed by atoms with Gasteiger partial charge in [0.05, 0.1) is 0 Å². The lowest BCUT2D eigenvalue weighted by Crippen LogP contribution is -2.57. The molecule has 1 aliphatic rings. The topological polar surface area (TPSA) is 108 Å². The lowest BCUT2D eigenvalue weighted by molar-refractivity contribution is -0.135. The molecule has 0 aliphatic carbocycles. The number of carbonyl (C=O) groups excluding carboxylic acids is 3. The van der Waals surface area contributed by atoms with Crippen molar-refractivity contribution >= 4 is 18.1 Å². The first kappa shape index (κ1) is 30.8. The van der Waals surface area contributed by atoms with Crippen LogP contribution in [0.2, 0.25) is 0 Å². The van der Waals surface area contributed by atoms with E-state index in [2.05, 4.69) is 17.4 Å². The van der Waals surface area contributed by atoms with Gasteiger partial charge in [-0.15, -0.1) is 0 Å². The van der Waals surface area contributed by atoms with Crippen molar-refractivity contribution in [3.05, 3.63) is 65.2 Å². The summed E-state index contributed by atoms with van der Waals surface area (Å²) in [6.07, 6.45) is 0.574. The Labute approximate surface area is 237 Å². The summed E-state index contributed by atoms with van der Waals surface area (Å²) in [6, 6.07) is 14.3. The van der Waals surface area contributed by atoms with E-state index in [0.717, 1.165) is 17.5 Å². The number of phenolic OH excluding ortho intramolecular Hbond substituents is 1. The zero-order valence-corrected chi connectivity index (χ0v) is 24.5. The second-order valence-electron chi connectivity index (χ2n) is 12.1. The summed E-state index contributed by atoms with van der Waals surface area (Å²) in [5.74, 6) is -0.107. The summed E-state index contributed by atoms with van der Waals surface area (Å²) in [6.45, 7) is 12.0. The van der Waals surface area contributed by atoms with Gasteiger partial charge in [-0.3, -0.25) is 4.79 Å². The number of carbonyl (C=O) groups is 3. The first-order valence-corrected chi connectivity index (χ1v) is 13.8. The van der Waals surface area contributed by atoms with E-state index >= 15 is 0 Å². The third kappa shape index (κ3) is 9.77. The van der Waals surface area contributed by atoms with Crippen LogP contribution in [0.25, 0.3) is 0 Å². The minimum Gasteiger partial charge on any atom is -0.508 e. The number of aryl methyl sites for hydroxylation is 2. The molecule has 3 amide bonds. The molecule has 9 heteroatoms. The Balaban J connectivity index is 1.76. The van der Waals surface area contributed by atoms with Crippen molar-refractivity contribution in [3.63, 3.8) is 0 Å². The molecule has 9 nitrogen and oxygen atoms in total. The van der Waals surface area contributed by atoms with E-state index in [-0.39, 0.29) is 18.1 Å². The van der Waals surface area contributed by atoms with E-state index in [0.29, 0.717) is 32.6 Å². The number of amides is 3. The van der Waals surface area contributed by atoms with Gasteiger partial charge in [-0.1, -0.05) is 36.4 Å². The Morgan fingerprint density at radius 1 is 0.825 bits per heavy atom. The zero-order valence-electron chi connectivity index (χ0n) is 24.5. The number of hydrogen-bond acceptors (Lipinski definition) is 6. The predicted molar refractivity (Wildman–Crippen MR) is 153 cm³/mol. The summed E-state index contributed by atoms with van der Waals surface area (Å²) in [4.78, 5) is 42.2. The third-order valence-electron chi connectivity index (χ3n) is 6.37. The van der Waals surface area contributed by atoms with Crippen LogP contribution < -0.4 is 5.32 Å². The number of benzene rings is 2. The molecule has 3 rings (SSSR count). The van der Waals surface area contributed by atoms with Crippen molar-refractivity contribution in [3.8, 4) is 5.75 Å². The minimum absolute atomic E-state index is 0.146. The van der Waals surface area contributed by atoms with Crippen LogP contribution in [0.4, 0.5) is 9.59 Å². The molecule has 2 aromatic rings. The summed E-state index contributed by atoms with van der Waals surface area (Å²) >= 11 is 0. The van der Waals surface area contributed by atoms with E-state index in [4.69, 9.17) is 9.47 Å². The molecule has 1 atom stereocenters. The molecule has 1 aliphatic heterocycles. The first-order chi connectivity index (χ1) is 18.7. The predicted octanol–water partition coefficient (Wildman–Crippen LogP) is 4.69. The maximum atomic E-state index is 13.7. The Kier molecular flexibility index (Phi) is 10.1. The molecule has 0 radical (unpaired) electrons. The molecule has 2 aromatic carbocycles. The molecule has 0 bridgehead atoms. The van der Waals surface area contributed by atoms with Gasteiger partial charge < -0.3 is 29.7 Å². The highest BCUT2D eigenvalue weighted by Gasteiger charge is 2.33. The van der Waals surface area contributed by atoms with Crippen LogP contribution >= 0.6 is 0 Å². The summed E-state index contributed by atoms with van der Waals surface area (Å²) in [5, 5.41) is 13.0. The molecule has 1 fully saturated rings. The molecule has 218 valence electrons. The summed E-state index contributed by atoms with van der Waals surface area (Å²) in [7, 11) is 0. The number of phenols is 1. The summed E-state index contributed by atoms with van der Waals surface area (Å²) in [5.41, 5.74) is 1.60. The van der Waals surface area contributed by atoms with Crippen molar-refractivity contribution in [2.75, 3.05) is 26.2 Å². The fraction of sp³-hybridized carbons (Fsp3) is 0.516. The van der Waals surface area contributed by atoms with Crippen LogP contribution in [0.1, 0.15) is 58.2 Å². The van der Waals surface area contributed by atoms with E-state index in [1.54, 1.807) is 48.8 Å². The minimum atomic E-state index is -0.886. The Hall–Kier alpha value is -3.75. The number of rotatable bonds is 7. The molecule has 40 heavy (non-hydrogen) atoms. The molecule has 1 heterocycles.